The molecule has 2 aromatic carbocycles. The molecule has 5 N–H and O–H groups in total. The van der Waals surface area contributed by atoms with Gasteiger partial charge in [0.05, 0.1) is 11.4 Å². The van der Waals surface area contributed by atoms with Crippen LogP contribution in [0.4, 0.5) is 0 Å². The number of phenolic OH excluding ortho intramolecular Hbond substituents is 1. The highest BCUT2D eigenvalue weighted by atomic mass is 35.5. The van der Waals surface area contributed by atoms with Crippen molar-refractivity contribution in [1.82, 2.24) is 9.78 Å². The number of phenols is 1. The summed E-state index contributed by atoms with van der Waals surface area (Å²) >= 11 is 6.04. The molecule has 0 spiro atoms. The summed E-state index contributed by atoms with van der Waals surface area (Å²) in [6.07, 6.45) is 1.51. The first-order valence-corrected chi connectivity index (χ1v) is 12.2. The fourth-order valence-electron chi connectivity index (χ4n) is 4.23. The Labute approximate surface area is 230 Å². The summed E-state index contributed by atoms with van der Waals surface area (Å²) < 4.78 is 12.8. The van der Waals surface area contributed by atoms with Crippen molar-refractivity contribution in [3.8, 4) is 34.2 Å². The van der Waals surface area contributed by atoms with Crippen LogP contribution in [0.3, 0.4) is 0 Å². The van der Waals surface area contributed by atoms with Gasteiger partial charge in [-0.3, -0.25) is 9.59 Å². The zero-order valence-corrected chi connectivity index (χ0v) is 21.2. The fourth-order valence-corrected chi connectivity index (χ4v) is 4.35. The minimum absolute atomic E-state index is 0.0161. The van der Waals surface area contributed by atoms with Gasteiger partial charge in [0, 0.05) is 34.5 Å². The Hall–Kier alpha value is -4.84. The van der Waals surface area contributed by atoms with Gasteiger partial charge in [0.1, 0.15) is 36.4 Å². The number of benzene rings is 2. The fraction of sp³-hybridized carbons (Fsp3) is 0.107. The number of hydrogen-bond acceptors (Lipinski definition) is 10. The SMILES string of the molecule is O=c1cc(CO)oc(C(c2cn(-c3ccc(Cl)cc3)nc2-c2ccc(O)cc2)c2oc(CO)cc(=O)c2O)c1O. The average Bonchev–Trinajstić information content (AvgIpc) is 3.38. The van der Waals surface area contributed by atoms with Gasteiger partial charge in [-0.2, -0.15) is 5.10 Å². The second kappa shape index (κ2) is 10.7. The van der Waals surface area contributed by atoms with E-state index in [-0.39, 0.29) is 28.5 Å². The number of aliphatic hydroxyl groups excluding tert-OH is 2. The summed E-state index contributed by atoms with van der Waals surface area (Å²) in [4.78, 5) is 25.3. The first kappa shape index (κ1) is 26.8. The molecule has 0 unspecified atom stereocenters. The lowest BCUT2D eigenvalue weighted by Crippen LogP contribution is -2.14. The molecule has 0 aliphatic carbocycles. The highest BCUT2D eigenvalue weighted by molar-refractivity contribution is 6.30. The minimum Gasteiger partial charge on any atom is -0.508 e. The van der Waals surface area contributed by atoms with Crippen LogP contribution in [0.25, 0.3) is 16.9 Å². The summed E-state index contributed by atoms with van der Waals surface area (Å²) in [7, 11) is 0. The van der Waals surface area contributed by atoms with Crippen molar-refractivity contribution in [3.05, 3.63) is 121 Å². The molecule has 5 aromatic rings. The molecule has 0 radical (unpaired) electrons. The Balaban J connectivity index is 1.89. The zero-order chi connectivity index (χ0) is 28.6. The van der Waals surface area contributed by atoms with Gasteiger partial charge in [0.25, 0.3) is 0 Å². The number of rotatable bonds is 7. The number of halogens is 1. The van der Waals surface area contributed by atoms with Crippen molar-refractivity contribution < 1.29 is 34.4 Å². The van der Waals surface area contributed by atoms with Gasteiger partial charge in [-0.15, -0.1) is 0 Å². The highest BCUT2D eigenvalue weighted by Gasteiger charge is 2.35. The third-order valence-electron chi connectivity index (χ3n) is 6.12. The van der Waals surface area contributed by atoms with E-state index in [1.54, 1.807) is 36.4 Å². The molecule has 11 nitrogen and oxygen atoms in total. The lowest BCUT2D eigenvalue weighted by Gasteiger charge is -2.18. The molecule has 0 saturated heterocycles. The van der Waals surface area contributed by atoms with Gasteiger partial charge >= 0.3 is 0 Å². The number of aromatic nitrogens is 2. The molecule has 40 heavy (non-hydrogen) atoms. The van der Waals surface area contributed by atoms with Crippen LogP contribution in [0.5, 0.6) is 17.2 Å². The molecule has 204 valence electrons. The van der Waals surface area contributed by atoms with E-state index in [1.165, 1.54) is 23.0 Å². The monoisotopic (exact) mass is 564 g/mol. The van der Waals surface area contributed by atoms with E-state index in [2.05, 4.69) is 5.10 Å². The van der Waals surface area contributed by atoms with Gasteiger partial charge in [-0.1, -0.05) is 11.6 Å². The first-order chi connectivity index (χ1) is 19.2. The standard InChI is InChI=1S/C28H21ClN2O9/c29-15-3-5-16(6-4-15)31-11-20(24(30-31)14-1-7-17(34)8-2-14)23(27-25(37)21(35)9-18(12-32)39-27)28-26(38)22(36)10-19(13-33)40-28/h1-11,23,32-34,37-38H,12-13H2. The zero-order valence-electron chi connectivity index (χ0n) is 20.5. The second-order valence-corrected chi connectivity index (χ2v) is 9.17. The van der Waals surface area contributed by atoms with Crippen LogP contribution in [0.1, 0.15) is 34.5 Å². The third-order valence-corrected chi connectivity index (χ3v) is 6.37. The smallest absolute Gasteiger partial charge is 0.227 e. The van der Waals surface area contributed by atoms with Crippen molar-refractivity contribution in [2.75, 3.05) is 0 Å². The summed E-state index contributed by atoms with van der Waals surface area (Å²) in [6, 6.07) is 14.4. The van der Waals surface area contributed by atoms with Crippen molar-refractivity contribution in [3.63, 3.8) is 0 Å². The predicted molar refractivity (Wildman–Crippen MR) is 142 cm³/mol. The molecule has 5 rings (SSSR count). The van der Waals surface area contributed by atoms with Gasteiger partial charge in [0.2, 0.25) is 22.4 Å². The van der Waals surface area contributed by atoms with Crippen LogP contribution in [0.15, 0.2) is 85.3 Å². The maximum Gasteiger partial charge on any atom is 0.227 e. The lowest BCUT2D eigenvalue weighted by atomic mass is 9.90. The molecule has 0 atom stereocenters. The first-order valence-electron chi connectivity index (χ1n) is 11.8. The predicted octanol–water partition coefficient (Wildman–Crippen LogP) is 3.38. The summed E-state index contributed by atoms with van der Waals surface area (Å²) in [5.74, 6) is -4.56. The van der Waals surface area contributed by atoms with Crippen LogP contribution in [0.2, 0.25) is 5.02 Å². The van der Waals surface area contributed by atoms with Crippen LogP contribution >= 0.6 is 11.6 Å². The Bertz CT molecular complexity index is 1740. The molecule has 12 heteroatoms. The Morgan fingerprint density at radius 1 is 0.800 bits per heavy atom. The van der Waals surface area contributed by atoms with E-state index in [1.807, 2.05) is 0 Å². The van der Waals surface area contributed by atoms with Crippen molar-refractivity contribution in [1.29, 1.82) is 0 Å². The molecule has 0 bridgehead atoms. The maximum atomic E-state index is 12.6. The number of aromatic hydroxyl groups is 3. The van der Waals surface area contributed by atoms with Crippen LogP contribution in [-0.4, -0.2) is 35.3 Å². The number of aliphatic hydroxyl groups is 2. The topological polar surface area (TPSA) is 179 Å². The molecule has 0 aliphatic rings. The van der Waals surface area contributed by atoms with E-state index in [9.17, 15) is 35.1 Å². The molecular formula is C28H21ClN2O9. The van der Waals surface area contributed by atoms with Gasteiger partial charge in [-0.25, -0.2) is 4.68 Å². The van der Waals surface area contributed by atoms with Crippen molar-refractivity contribution >= 4 is 11.6 Å². The second-order valence-electron chi connectivity index (χ2n) is 8.73. The Morgan fingerprint density at radius 3 is 1.82 bits per heavy atom. The quantitative estimate of drug-likeness (QED) is 0.197. The third kappa shape index (κ3) is 4.96. The Morgan fingerprint density at radius 2 is 1.32 bits per heavy atom. The van der Waals surface area contributed by atoms with Crippen LogP contribution < -0.4 is 10.9 Å². The molecule has 0 amide bonds. The lowest BCUT2D eigenvalue weighted by molar-refractivity contribution is 0.225. The summed E-state index contributed by atoms with van der Waals surface area (Å²) in [5, 5.41) is 56.0. The van der Waals surface area contributed by atoms with E-state index in [4.69, 9.17) is 20.4 Å². The van der Waals surface area contributed by atoms with Crippen molar-refractivity contribution in [2.45, 2.75) is 19.1 Å². The highest BCUT2D eigenvalue weighted by Crippen LogP contribution is 2.43. The molecule has 0 fully saturated rings. The number of hydrogen-bond donors (Lipinski definition) is 5. The summed E-state index contributed by atoms with van der Waals surface area (Å²) in [5.41, 5.74) is -0.362. The average molecular weight is 565 g/mol. The van der Waals surface area contributed by atoms with Crippen LogP contribution in [0, 0.1) is 0 Å². The van der Waals surface area contributed by atoms with Gasteiger partial charge in [-0.05, 0) is 48.5 Å². The van der Waals surface area contributed by atoms with E-state index < -0.39 is 53.0 Å². The molecule has 3 aromatic heterocycles. The molecule has 0 aliphatic heterocycles. The van der Waals surface area contributed by atoms with Crippen LogP contribution in [-0.2, 0) is 13.2 Å². The summed E-state index contributed by atoms with van der Waals surface area (Å²) in [6.45, 7) is -1.40. The minimum atomic E-state index is -1.48. The molecule has 0 saturated carbocycles. The van der Waals surface area contributed by atoms with E-state index in [0.29, 0.717) is 16.3 Å². The largest absolute Gasteiger partial charge is 0.508 e. The van der Waals surface area contributed by atoms with E-state index >= 15 is 0 Å². The van der Waals surface area contributed by atoms with Crippen molar-refractivity contribution in [2.24, 2.45) is 0 Å². The molecule has 3 heterocycles. The number of nitrogens with zero attached hydrogens (tertiary/aromatic N) is 2. The van der Waals surface area contributed by atoms with Gasteiger partial charge < -0.3 is 34.4 Å². The maximum absolute atomic E-state index is 12.6. The van der Waals surface area contributed by atoms with E-state index in [0.717, 1.165) is 12.1 Å². The van der Waals surface area contributed by atoms with Gasteiger partial charge in [0.15, 0.2) is 11.5 Å². The Kier molecular flexibility index (Phi) is 7.18. The normalized spacial score (nSPS) is 11.3. The molecular weight excluding hydrogens is 544 g/mol.